The fourth-order valence-corrected chi connectivity index (χ4v) is 3.56. The van der Waals surface area contributed by atoms with Gasteiger partial charge in [-0.3, -0.25) is 15.0 Å². The highest BCUT2D eigenvalue weighted by Crippen LogP contribution is 2.28. The normalized spacial score (nSPS) is 11.7. The number of nitrogens with one attached hydrogen (secondary N) is 1. The lowest BCUT2D eigenvalue weighted by molar-refractivity contribution is 0.411. The lowest BCUT2D eigenvalue weighted by atomic mass is 10.1. The second kappa shape index (κ2) is 10.6. The molecule has 0 atom stereocenters. The third-order valence-electron chi connectivity index (χ3n) is 5.13. The fourth-order valence-electron chi connectivity index (χ4n) is 3.56. The fraction of sp³-hybridized carbons (Fsp3) is 0.148. The number of pyridine rings is 3. The Labute approximate surface area is 203 Å². The molecule has 8 heteroatoms. The quantitative estimate of drug-likeness (QED) is 0.328. The number of methoxy groups -OCH3 is 1. The van der Waals surface area contributed by atoms with Crippen molar-refractivity contribution in [1.29, 1.82) is 0 Å². The van der Waals surface area contributed by atoms with Gasteiger partial charge >= 0.3 is 0 Å². The summed E-state index contributed by atoms with van der Waals surface area (Å²) in [5.41, 5.74) is 4.53. The number of halogens is 1. The van der Waals surface area contributed by atoms with Crippen LogP contribution in [0.3, 0.4) is 0 Å². The molecule has 0 bridgehead atoms. The Bertz CT molecular complexity index is 1450. The van der Waals surface area contributed by atoms with Crippen molar-refractivity contribution in [2.75, 3.05) is 12.4 Å². The number of hydrogen-bond acceptors (Lipinski definition) is 7. The highest BCUT2D eigenvalue weighted by Gasteiger charge is 2.15. The van der Waals surface area contributed by atoms with E-state index in [0.717, 1.165) is 27.6 Å². The van der Waals surface area contributed by atoms with Crippen molar-refractivity contribution in [3.8, 4) is 17.1 Å². The average Bonchev–Trinajstić information content (AvgIpc) is 2.87. The first-order valence-electron chi connectivity index (χ1n) is 11.0. The van der Waals surface area contributed by atoms with Gasteiger partial charge in [-0.2, -0.15) is 0 Å². The van der Waals surface area contributed by atoms with Crippen molar-refractivity contribution in [1.82, 2.24) is 24.9 Å². The minimum Gasteiger partial charge on any atom is -0.494 e. The number of hydrogen-bond donors (Lipinski definition) is 1. The summed E-state index contributed by atoms with van der Waals surface area (Å²) in [6.45, 7) is 8.09. The second-order valence-electron chi connectivity index (χ2n) is 7.84. The lowest BCUT2D eigenvalue weighted by Crippen LogP contribution is -2.07. The predicted octanol–water partition coefficient (Wildman–Crippen LogP) is 5.78. The molecule has 0 saturated carbocycles. The summed E-state index contributed by atoms with van der Waals surface area (Å²) >= 11 is 0. The zero-order valence-electron chi connectivity index (χ0n) is 19.8. The third-order valence-corrected chi connectivity index (χ3v) is 5.13. The number of ether oxygens (including phenoxy) is 1. The molecule has 4 heterocycles. The van der Waals surface area contributed by atoms with Crippen LogP contribution in [0.2, 0.25) is 0 Å². The Morgan fingerprint density at radius 2 is 2.00 bits per heavy atom. The summed E-state index contributed by atoms with van der Waals surface area (Å²) < 4.78 is 20.9. The Hall–Kier alpha value is -4.46. The van der Waals surface area contributed by atoms with Crippen molar-refractivity contribution in [2.45, 2.75) is 20.4 Å². The molecule has 0 unspecified atom stereocenters. The van der Waals surface area contributed by atoms with E-state index in [0.29, 0.717) is 17.1 Å². The molecule has 0 aliphatic rings. The van der Waals surface area contributed by atoms with E-state index in [2.05, 4.69) is 36.8 Å². The van der Waals surface area contributed by atoms with Crippen LogP contribution < -0.4 is 10.1 Å². The van der Waals surface area contributed by atoms with Crippen LogP contribution in [0.5, 0.6) is 5.75 Å². The van der Waals surface area contributed by atoms with Gasteiger partial charge in [0.05, 0.1) is 24.5 Å². The Balaban J connectivity index is 1.58. The average molecular weight is 469 g/mol. The van der Waals surface area contributed by atoms with Crippen molar-refractivity contribution in [2.24, 2.45) is 0 Å². The van der Waals surface area contributed by atoms with E-state index >= 15 is 4.39 Å². The van der Waals surface area contributed by atoms with Crippen molar-refractivity contribution in [3.63, 3.8) is 0 Å². The highest BCUT2D eigenvalue weighted by atomic mass is 19.1. The Morgan fingerprint density at radius 1 is 1.14 bits per heavy atom. The maximum absolute atomic E-state index is 15.3. The number of anilines is 1. The minimum absolute atomic E-state index is 0.0721. The van der Waals surface area contributed by atoms with Crippen LogP contribution >= 0.6 is 0 Å². The monoisotopic (exact) mass is 468 g/mol. The van der Waals surface area contributed by atoms with Crippen LogP contribution in [0.15, 0.2) is 79.6 Å². The van der Waals surface area contributed by atoms with Gasteiger partial charge in [0, 0.05) is 29.9 Å². The van der Waals surface area contributed by atoms with Gasteiger partial charge in [-0.05, 0) is 37.6 Å². The molecular formula is C27H25FN6O. The number of nitrogens with zero attached hydrogens (tertiary/aromatic N) is 5. The van der Waals surface area contributed by atoms with E-state index in [1.807, 2.05) is 50.3 Å². The standard InChI is InChI=1S/C27H25FN6O/c1-5-7-20(10-17(2)3)25-23(35-4)11-18(13-31-25)14-32-27-24(28)26(33-16-34-27)21-12-19-8-6-9-29-22(19)15-30-21/h5-13,15-16H,2,14H2,1,3-4H3,(H,32,33,34)/b7-5-,20-10+. The van der Waals surface area contributed by atoms with Crippen LogP contribution in [0.25, 0.3) is 27.9 Å². The first-order valence-corrected chi connectivity index (χ1v) is 11.0. The van der Waals surface area contributed by atoms with E-state index in [1.54, 1.807) is 31.8 Å². The molecule has 0 aromatic carbocycles. The first kappa shape index (κ1) is 23.7. The van der Waals surface area contributed by atoms with E-state index in [9.17, 15) is 0 Å². The molecule has 176 valence electrons. The second-order valence-corrected chi connectivity index (χ2v) is 7.84. The Kier molecular flexibility index (Phi) is 7.21. The molecule has 0 radical (unpaired) electrons. The van der Waals surface area contributed by atoms with Gasteiger partial charge in [0.25, 0.3) is 0 Å². The molecule has 4 aromatic heterocycles. The van der Waals surface area contributed by atoms with Crippen molar-refractivity contribution < 1.29 is 9.13 Å². The highest BCUT2D eigenvalue weighted by molar-refractivity contribution is 5.81. The largest absolute Gasteiger partial charge is 0.494 e. The van der Waals surface area contributed by atoms with Crippen LogP contribution in [0, 0.1) is 5.82 Å². The molecule has 4 aromatic rings. The summed E-state index contributed by atoms with van der Waals surface area (Å²) in [5.74, 6) is 0.0928. The van der Waals surface area contributed by atoms with Gasteiger partial charge in [0.15, 0.2) is 11.6 Å². The number of fused-ring (bicyclic) bond motifs is 1. The van der Waals surface area contributed by atoms with E-state index in [1.165, 1.54) is 6.33 Å². The molecule has 4 rings (SSSR count). The molecule has 0 aliphatic heterocycles. The molecule has 0 spiro atoms. The number of aromatic nitrogens is 5. The zero-order chi connectivity index (χ0) is 24.8. The maximum atomic E-state index is 15.3. The van der Waals surface area contributed by atoms with E-state index in [-0.39, 0.29) is 18.1 Å². The third kappa shape index (κ3) is 5.38. The molecule has 1 N–H and O–H groups in total. The van der Waals surface area contributed by atoms with Gasteiger partial charge in [-0.25, -0.2) is 14.4 Å². The minimum atomic E-state index is -0.584. The molecule has 35 heavy (non-hydrogen) atoms. The summed E-state index contributed by atoms with van der Waals surface area (Å²) in [5, 5.41) is 3.88. The van der Waals surface area contributed by atoms with E-state index in [4.69, 9.17) is 4.74 Å². The molecule has 0 aliphatic carbocycles. The van der Waals surface area contributed by atoms with Gasteiger partial charge < -0.3 is 10.1 Å². The summed E-state index contributed by atoms with van der Waals surface area (Å²) in [7, 11) is 1.59. The van der Waals surface area contributed by atoms with Gasteiger partial charge in [-0.15, -0.1) is 0 Å². The van der Waals surface area contributed by atoms with Crippen molar-refractivity contribution in [3.05, 3.63) is 96.6 Å². The van der Waals surface area contributed by atoms with Crippen LogP contribution in [-0.4, -0.2) is 32.0 Å². The summed E-state index contributed by atoms with van der Waals surface area (Å²) in [6, 6.07) is 7.33. The predicted molar refractivity (Wildman–Crippen MR) is 136 cm³/mol. The first-order chi connectivity index (χ1) is 17.0. The zero-order valence-corrected chi connectivity index (χ0v) is 19.8. The lowest BCUT2D eigenvalue weighted by Gasteiger charge is -2.13. The van der Waals surface area contributed by atoms with Gasteiger partial charge in [-0.1, -0.05) is 36.4 Å². The molecule has 0 amide bonds. The molecule has 7 nitrogen and oxygen atoms in total. The van der Waals surface area contributed by atoms with Crippen LogP contribution in [0.1, 0.15) is 25.1 Å². The SMILES string of the molecule is C=C(C)/C=C(\C=C/C)c1ncc(CNc2ncnc(-c3cc4cccnc4cn3)c2F)cc1OC. The summed E-state index contributed by atoms with van der Waals surface area (Å²) in [6.07, 6.45) is 12.1. The molecule has 0 saturated heterocycles. The number of allylic oxidation sites excluding steroid dienone is 5. The van der Waals surface area contributed by atoms with E-state index < -0.39 is 5.82 Å². The Morgan fingerprint density at radius 3 is 2.77 bits per heavy atom. The molecule has 0 fully saturated rings. The van der Waals surface area contributed by atoms with Crippen molar-refractivity contribution >= 4 is 22.3 Å². The van der Waals surface area contributed by atoms with Crippen LogP contribution in [-0.2, 0) is 6.54 Å². The summed E-state index contributed by atoms with van der Waals surface area (Å²) in [4.78, 5) is 21.3. The van der Waals surface area contributed by atoms with Crippen LogP contribution in [0.4, 0.5) is 10.2 Å². The number of rotatable bonds is 8. The topological polar surface area (TPSA) is 85.7 Å². The molecular weight excluding hydrogens is 443 g/mol. The smallest absolute Gasteiger partial charge is 0.193 e. The maximum Gasteiger partial charge on any atom is 0.193 e. The van der Waals surface area contributed by atoms with Gasteiger partial charge in [0.1, 0.15) is 23.5 Å². The van der Waals surface area contributed by atoms with Gasteiger partial charge in [0.2, 0.25) is 0 Å².